The molecule has 2 saturated heterocycles. The quantitative estimate of drug-likeness (QED) is 0.802. The van der Waals surface area contributed by atoms with Crippen LogP contribution in [-0.4, -0.2) is 56.5 Å². The lowest BCUT2D eigenvalue weighted by atomic mass is 10.1. The first-order chi connectivity index (χ1) is 14.0. The van der Waals surface area contributed by atoms with Gasteiger partial charge in [0.05, 0.1) is 13.0 Å². The third-order valence-corrected chi connectivity index (χ3v) is 5.85. The van der Waals surface area contributed by atoms with Crippen LogP contribution in [0.5, 0.6) is 5.75 Å². The molecule has 29 heavy (non-hydrogen) atoms. The van der Waals surface area contributed by atoms with Crippen molar-refractivity contribution in [2.75, 3.05) is 49.6 Å². The van der Waals surface area contributed by atoms with Crippen molar-refractivity contribution in [1.82, 2.24) is 4.90 Å². The number of carbonyl (C=O) groups is 2. The van der Waals surface area contributed by atoms with Crippen molar-refractivity contribution in [3.63, 3.8) is 0 Å². The van der Waals surface area contributed by atoms with Crippen molar-refractivity contribution in [3.05, 3.63) is 54.1 Å². The first kappa shape index (κ1) is 19.3. The Bertz CT molecular complexity index is 871. The first-order valence-electron chi connectivity index (χ1n) is 10.1. The molecule has 6 heteroatoms. The van der Waals surface area contributed by atoms with E-state index in [1.165, 1.54) is 0 Å². The Morgan fingerprint density at radius 1 is 0.931 bits per heavy atom. The third kappa shape index (κ3) is 4.06. The molecule has 2 aliphatic heterocycles. The standard InChI is InChI=1S/C23H27N3O3/c1-17-3-5-20(6-4-17)26-16-18(15-22(26)27)23(28)25-13-11-24(12-14-25)19-7-9-21(29-2)10-8-19/h3-10,18H,11-16H2,1-2H3/t18-/m1/s1. The molecular weight excluding hydrogens is 366 g/mol. The molecule has 0 N–H and O–H groups in total. The highest BCUT2D eigenvalue weighted by Crippen LogP contribution is 2.27. The fourth-order valence-corrected chi connectivity index (χ4v) is 4.08. The van der Waals surface area contributed by atoms with Gasteiger partial charge in [-0.25, -0.2) is 0 Å². The molecule has 0 spiro atoms. The zero-order valence-electron chi connectivity index (χ0n) is 17.0. The lowest BCUT2D eigenvalue weighted by Gasteiger charge is -2.37. The van der Waals surface area contributed by atoms with E-state index in [4.69, 9.17) is 4.74 Å². The second-order valence-corrected chi connectivity index (χ2v) is 7.75. The van der Waals surface area contributed by atoms with Crippen molar-refractivity contribution in [2.24, 2.45) is 5.92 Å². The lowest BCUT2D eigenvalue weighted by molar-refractivity contribution is -0.136. The number of piperazine rings is 1. The molecular formula is C23H27N3O3. The van der Waals surface area contributed by atoms with Gasteiger partial charge in [-0.3, -0.25) is 9.59 Å². The second-order valence-electron chi connectivity index (χ2n) is 7.75. The molecule has 2 heterocycles. The summed E-state index contributed by atoms with van der Waals surface area (Å²) in [4.78, 5) is 31.4. The van der Waals surface area contributed by atoms with E-state index in [0.29, 0.717) is 26.1 Å². The van der Waals surface area contributed by atoms with Gasteiger partial charge in [0.25, 0.3) is 0 Å². The summed E-state index contributed by atoms with van der Waals surface area (Å²) in [7, 11) is 1.66. The number of anilines is 2. The van der Waals surface area contributed by atoms with E-state index in [0.717, 1.165) is 35.8 Å². The molecule has 0 radical (unpaired) electrons. The monoisotopic (exact) mass is 393 g/mol. The zero-order valence-corrected chi connectivity index (χ0v) is 17.0. The summed E-state index contributed by atoms with van der Waals surface area (Å²) >= 11 is 0. The van der Waals surface area contributed by atoms with E-state index >= 15 is 0 Å². The van der Waals surface area contributed by atoms with Gasteiger partial charge in [0.15, 0.2) is 0 Å². The van der Waals surface area contributed by atoms with E-state index < -0.39 is 0 Å². The van der Waals surface area contributed by atoms with E-state index in [-0.39, 0.29) is 17.7 Å². The Labute approximate surface area is 171 Å². The number of amides is 2. The van der Waals surface area contributed by atoms with Crippen molar-refractivity contribution in [2.45, 2.75) is 13.3 Å². The normalized spacial score (nSPS) is 19.6. The molecule has 2 fully saturated rings. The fraction of sp³-hybridized carbons (Fsp3) is 0.391. The molecule has 0 unspecified atom stereocenters. The summed E-state index contributed by atoms with van der Waals surface area (Å²) in [5.74, 6) is 0.717. The minimum absolute atomic E-state index is 0.0315. The Kier molecular flexibility index (Phi) is 5.43. The predicted octanol–water partition coefficient (Wildman–Crippen LogP) is 2.71. The van der Waals surface area contributed by atoms with Gasteiger partial charge < -0.3 is 19.4 Å². The van der Waals surface area contributed by atoms with E-state index in [2.05, 4.69) is 4.90 Å². The predicted molar refractivity (Wildman–Crippen MR) is 113 cm³/mol. The molecule has 2 amide bonds. The molecule has 6 nitrogen and oxygen atoms in total. The summed E-state index contributed by atoms with van der Waals surface area (Å²) in [5, 5.41) is 0. The molecule has 0 saturated carbocycles. The average molecular weight is 393 g/mol. The third-order valence-electron chi connectivity index (χ3n) is 5.85. The molecule has 152 valence electrons. The van der Waals surface area contributed by atoms with Crippen LogP contribution in [0, 0.1) is 12.8 Å². The van der Waals surface area contributed by atoms with Gasteiger partial charge >= 0.3 is 0 Å². The maximum atomic E-state index is 13.0. The number of hydrogen-bond donors (Lipinski definition) is 0. The number of hydrogen-bond acceptors (Lipinski definition) is 4. The summed E-state index contributed by atoms with van der Waals surface area (Å²) in [6.07, 6.45) is 0.297. The Morgan fingerprint density at radius 3 is 2.17 bits per heavy atom. The molecule has 0 aromatic heterocycles. The zero-order chi connectivity index (χ0) is 20.4. The minimum Gasteiger partial charge on any atom is -0.497 e. The first-order valence-corrected chi connectivity index (χ1v) is 10.1. The number of ether oxygens (including phenoxy) is 1. The summed E-state index contributed by atoms with van der Waals surface area (Å²) in [6.45, 7) is 5.44. The lowest BCUT2D eigenvalue weighted by Crippen LogP contribution is -2.50. The van der Waals surface area contributed by atoms with Crippen molar-refractivity contribution >= 4 is 23.2 Å². The van der Waals surface area contributed by atoms with E-state index in [1.807, 2.05) is 60.4 Å². The van der Waals surface area contributed by atoms with Gasteiger partial charge in [0.2, 0.25) is 11.8 Å². The van der Waals surface area contributed by atoms with Crippen LogP contribution in [0.25, 0.3) is 0 Å². The van der Waals surface area contributed by atoms with Crippen LogP contribution in [0.4, 0.5) is 11.4 Å². The SMILES string of the molecule is COc1ccc(N2CCN(C(=O)[C@@H]3CC(=O)N(c4ccc(C)cc4)C3)CC2)cc1. The van der Waals surface area contributed by atoms with Gasteiger partial charge in [0, 0.05) is 50.5 Å². The largest absolute Gasteiger partial charge is 0.497 e. The number of nitrogens with zero attached hydrogens (tertiary/aromatic N) is 3. The molecule has 2 aliphatic rings. The Morgan fingerprint density at radius 2 is 1.55 bits per heavy atom. The smallest absolute Gasteiger partial charge is 0.228 e. The Balaban J connectivity index is 1.34. The number of rotatable bonds is 4. The van der Waals surface area contributed by atoms with Crippen LogP contribution in [0.2, 0.25) is 0 Å². The topological polar surface area (TPSA) is 53.1 Å². The van der Waals surface area contributed by atoms with Crippen LogP contribution < -0.4 is 14.5 Å². The van der Waals surface area contributed by atoms with E-state index in [1.54, 1.807) is 12.0 Å². The van der Waals surface area contributed by atoms with Crippen LogP contribution >= 0.6 is 0 Å². The van der Waals surface area contributed by atoms with Gasteiger partial charge in [-0.2, -0.15) is 0 Å². The number of benzene rings is 2. The van der Waals surface area contributed by atoms with Crippen molar-refractivity contribution in [1.29, 1.82) is 0 Å². The summed E-state index contributed by atoms with van der Waals surface area (Å²) in [6, 6.07) is 15.9. The van der Waals surface area contributed by atoms with Crippen molar-refractivity contribution < 1.29 is 14.3 Å². The molecule has 4 rings (SSSR count). The van der Waals surface area contributed by atoms with Crippen LogP contribution in [0.15, 0.2) is 48.5 Å². The minimum atomic E-state index is -0.253. The van der Waals surface area contributed by atoms with Gasteiger partial charge in [-0.15, -0.1) is 0 Å². The molecule has 2 aromatic rings. The van der Waals surface area contributed by atoms with Crippen molar-refractivity contribution in [3.8, 4) is 5.75 Å². The van der Waals surface area contributed by atoms with Gasteiger partial charge in [0.1, 0.15) is 5.75 Å². The van der Waals surface area contributed by atoms with Gasteiger partial charge in [-0.05, 0) is 43.3 Å². The highest BCUT2D eigenvalue weighted by atomic mass is 16.5. The van der Waals surface area contributed by atoms with Crippen LogP contribution in [0.1, 0.15) is 12.0 Å². The van der Waals surface area contributed by atoms with Crippen LogP contribution in [-0.2, 0) is 9.59 Å². The maximum Gasteiger partial charge on any atom is 0.228 e. The summed E-state index contributed by atoms with van der Waals surface area (Å²) in [5.41, 5.74) is 3.17. The Hall–Kier alpha value is -3.02. The molecule has 2 aromatic carbocycles. The highest BCUT2D eigenvalue weighted by molar-refractivity contribution is 6.00. The van der Waals surface area contributed by atoms with E-state index in [9.17, 15) is 9.59 Å². The number of aryl methyl sites for hydroxylation is 1. The van der Waals surface area contributed by atoms with Crippen LogP contribution in [0.3, 0.4) is 0 Å². The maximum absolute atomic E-state index is 13.0. The molecule has 1 atom stereocenters. The highest BCUT2D eigenvalue weighted by Gasteiger charge is 2.37. The van der Waals surface area contributed by atoms with Gasteiger partial charge in [-0.1, -0.05) is 17.7 Å². The summed E-state index contributed by atoms with van der Waals surface area (Å²) < 4.78 is 5.21. The second kappa shape index (κ2) is 8.15. The average Bonchev–Trinajstić information content (AvgIpc) is 3.15. The molecule has 0 aliphatic carbocycles. The fourth-order valence-electron chi connectivity index (χ4n) is 4.08. The number of carbonyl (C=O) groups excluding carboxylic acids is 2. The number of methoxy groups -OCH3 is 1. The molecule has 0 bridgehead atoms.